The molecule has 0 spiro atoms. The summed E-state index contributed by atoms with van der Waals surface area (Å²) in [4.78, 5) is 22.9. The van der Waals surface area contributed by atoms with Crippen molar-refractivity contribution in [2.45, 2.75) is 84.7 Å². The molecule has 0 aliphatic carbocycles. The molecule has 0 aromatic heterocycles. The molecule has 0 heterocycles. The predicted molar refractivity (Wildman–Crippen MR) is 79.4 cm³/mol. The van der Waals surface area contributed by atoms with Crippen LogP contribution in [0.5, 0.6) is 0 Å². The molecule has 0 amide bonds. The average molecular weight is 286 g/mol. The van der Waals surface area contributed by atoms with Gasteiger partial charge in [0.15, 0.2) is 0 Å². The van der Waals surface area contributed by atoms with Gasteiger partial charge in [-0.25, -0.2) is 0 Å². The van der Waals surface area contributed by atoms with Crippen LogP contribution in [0.3, 0.4) is 0 Å². The Kier molecular flexibility index (Phi) is 12.3. The van der Waals surface area contributed by atoms with Crippen LogP contribution < -0.4 is 0 Å². The third kappa shape index (κ3) is 10.8. The highest BCUT2D eigenvalue weighted by Gasteiger charge is 2.11. The normalized spacial score (nSPS) is 11.9. The van der Waals surface area contributed by atoms with E-state index in [1.54, 1.807) is 0 Å². The van der Waals surface area contributed by atoms with Gasteiger partial charge in [0.05, 0.1) is 6.61 Å². The molecule has 1 atom stereocenters. The van der Waals surface area contributed by atoms with E-state index in [0.29, 0.717) is 32.3 Å². The highest BCUT2D eigenvalue weighted by Crippen LogP contribution is 2.10. The summed E-state index contributed by atoms with van der Waals surface area (Å²) >= 11 is 0. The summed E-state index contributed by atoms with van der Waals surface area (Å²) < 4.78 is 10.4. The number of hydrogen-bond acceptors (Lipinski definition) is 4. The van der Waals surface area contributed by atoms with Crippen molar-refractivity contribution >= 4 is 11.9 Å². The molecular weight excluding hydrogens is 256 g/mol. The number of unbranched alkanes of at least 4 members (excludes halogenated alkanes) is 2. The number of carbonyl (C=O) groups excluding carboxylic acids is 2. The van der Waals surface area contributed by atoms with Crippen LogP contribution in [-0.4, -0.2) is 24.6 Å². The maximum atomic E-state index is 11.6. The SMILES string of the molecule is CCCCOC(=O)CCCCC(=O)OC(CC)CCC. The Bertz CT molecular complexity index is 263. The fourth-order valence-corrected chi connectivity index (χ4v) is 1.85. The number of hydrogen-bond donors (Lipinski definition) is 0. The Morgan fingerprint density at radius 3 is 2.10 bits per heavy atom. The molecule has 0 bridgehead atoms. The third-order valence-corrected chi connectivity index (χ3v) is 3.14. The fourth-order valence-electron chi connectivity index (χ4n) is 1.85. The first-order chi connectivity index (χ1) is 9.63. The summed E-state index contributed by atoms with van der Waals surface area (Å²) in [7, 11) is 0. The zero-order chi connectivity index (χ0) is 15.2. The van der Waals surface area contributed by atoms with Crippen LogP contribution in [0.4, 0.5) is 0 Å². The van der Waals surface area contributed by atoms with Gasteiger partial charge in [-0.15, -0.1) is 0 Å². The second kappa shape index (κ2) is 12.9. The molecule has 0 fully saturated rings. The van der Waals surface area contributed by atoms with Crippen molar-refractivity contribution in [3.63, 3.8) is 0 Å². The molecular formula is C16H30O4. The van der Waals surface area contributed by atoms with Crippen molar-refractivity contribution in [1.82, 2.24) is 0 Å². The lowest BCUT2D eigenvalue weighted by molar-refractivity contribution is -0.150. The van der Waals surface area contributed by atoms with E-state index in [2.05, 4.69) is 13.8 Å². The Labute approximate surface area is 123 Å². The first-order valence-corrected chi connectivity index (χ1v) is 7.99. The predicted octanol–water partition coefficient (Wildman–Crippen LogP) is 4.01. The largest absolute Gasteiger partial charge is 0.466 e. The van der Waals surface area contributed by atoms with Gasteiger partial charge in [0, 0.05) is 12.8 Å². The van der Waals surface area contributed by atoms with Crippen LogP contribution in [0.1, 0.15) is 78.6 Å². The Morgan fingerprint density at radius 2 is 1.55 bits per heavy atom. The van der Waals surface area contributed by atoms with Gasteiger partial charge in [0.1, 0.15) is 6.10 Å². The Hall–Kier alpha value is -1.06. The maximum absolute atomic E-state index is 11.6. The first-order valence-electron chi connectivity index (χ1n) is 7.99. The quantitative estimate of drug-likeness (QED) is 0.402. The Balaban J connectivity index is 3.58. The van der Waals surface area contributed by atoms with E-state index in [9.17, 15) is 9.59 Å². The molecule has 0 aliphatic rings. The van der Waals surface area contributed by atoms with Crippen LogP contribution in [0.2, 0.25) is 0 Å². The van der Waals surface area contributed by atoms with Gasteiger partial charge >= 0.3 is 11.9 Å². The number of esters is 2. The van der Waals surface area contributed by atoms with Crippen LogP contribution in [0.25, 0.3) is 0 Å². The molecule has 0 aromatic carbocycles. The van der Waals surface area contributed by atoms with Crippen LogP contribution in [-0.2, 0) is 19.1 Å². The second-order valence-corrected chi connectivity index (χ2v) is 5.09. The van der Waals surface area contributed by atoms with E-state index >= 15 is 0 Å². The van der Waals surface area contributed by atoms with E-state index in [4.69, 9.17) is 9.47 Å². The summed E-state index contributed by atoms with van der Waals surface area (Å²) in [5, 5.41) is 0. The van der Waals surface area contributed by atoms with Gasteiger partial charge in [-0.3, -0.25) is 9.59 Å². The van der Waals surface area contributed by atoms with E-state index in [-0.39, 0.29) is 18.0 Å². The zero-order valence-electron chi connectivity index (χ0n) is 13.3. The number of carbonyl (C=O) groups is 2. The van der Waals surface area contributed by atoms with Crippen LogP contribution >= 0.6 is 0 Å². The summed E-state index contributed by atoms with van der Waals surface area (Å²) in [6, 6.07) is 0. The first kappa shape index (κ1) is 18.9. The minimum Gasteiger partial charge on any atom is -0.466 e. The monoisotopic (exact) mass is 286 g/mol. The van der Waals surface area contributed by atoms with Gasteiger partial charge in [-0.2, -0.15) is 0 Å². The molecule has 0 aromatic rings. The van der Waals surface area contributed by atoms with Crippen LogP contribution in [0, 0.1) is 0 Å². The molecule has 4 heteroatoms. The third-order valence-electron chi connectivity index (χ3n) is 3.14. The minimum atomic E-state index is -0.163. The average Bonchev–Trinajstić information content (AvgIpc) is 2.43. The topological polar surface area (TPSA) is 52.6 Å². The van der Waals surface area contributed by atoms with Gasteiger partial charge in [-0.1, -0.05) is 33.6 Å². The van der Waals surface area contributed by atoms with Gasteiger partial charge in [0.2, 0.25) is 0 Å². The fraction of sp³-hybridized carbons (Fsp3) is 0.875. The van der Waals surface area contributed by atoms with E-state index < -0.39 is 0 Å². The lowest BCUT2D eigenvalue weighted by Crippen LogP contribution is -2.17. The molecule has 0 radical (unpaired) electrons. The number of ether oxygens (including phenoxy) is 2. The maximum Gasteiger partial charge on any atom is 0.306 e. The molecule has 20 heavy (non-hydrogen) atoms. The molecule has 1 unspecified atom stereocenters. The molecule has 4 nitrogen and oxygen atoms in total. The van der Waals surface area contributed by atoms with Crippen molar-refractivity contribution in [1.29, 1.82) is 0 Å². The summed E-state index contributed by atoms with van der Waals surface area (Å²) in [6.45, 7) is 6.68. The second-order valence-electron chi connectivity index (χ2n) is 5.09. The van der Waals surface area contributed by atoms with Gasteiger partial charge in [0.25, 0.3) is 0 Å². The smallest absolute Gasteiger partial charge is 0.306 e. The Morgan fingerprint density at radius 1 is 0.900 bits per heavy atom. The molecule has 0 saturated heterocycles. The van der Waals surface area contributed by atoms with Gasteiger partial charge < -0.3 is 9.47 Å². The lowest BCUT2D eigenvalue weighted by atomic mass is 10.1. The van der Waals surface area contributed by atoms with Crippen LogP contribution in [0.15, 0.2) is 0 Å². The highest BCUT2D eigenvalue weighted by atomic mass is 16.5. The van der Waals surface area contributed by atoms with Gasteiger partial charge in [-0.05, 0) is 32.1 Å². The minimum absolute atomic E-state index is 0.0477. The standard InChI is InChI=1S/C16H30O4/c1-4-7-13-19-15(17)11-8-9-12-16(18)20-14(6-3)10-5-2/h14H,4-13H2,1-3H3. The lowest BCUT2D eigenvalue weighted by Gasteiger charge is -2.15. The molecule has 0 N–H and O–H groups in total. The summed E-state index contributed by atoms with van der Waals surface area (Å²) in [5.41, 5.74) is 0. The van der Waals surface area contributed by atoms with E-state index in [1.807, 2.05) is 6.92 Å². The van der Waals surface area contributed by atoms with Crippen molar-refractivity contribution in [2.75, 3.05) is 6.61 Å². The van der Waals surface area contributed by atoms with Crippen molar-refractivity contribution in [2.24, 2.45) is 0 Å². The molecule has 0 saturated carbocycles. The molecule has 118 valence electrons. The zero-order valence-corrected chi connectivity index (χ0v) is 13.3. The van der Waals surface area contributed by atoms with Crippen molar-refractivity contribution < 1.29 is 19.1 Å². The highest BCUT2D eigenvalue weighted by molar-refractivity contribution is 5.70. The molecule has 0 aliphatic heterocycles. The van der Waals surface area contributed by atoms with Crippen molar-refractivity contribution in [3.05, 3.63) is 0 Å². The van der Waals surface area contributed by atoms with E-state index in [1.165, 1.54) is 0 Å². The summed E-state index contributed by atoms with van der Waals surface area (Å²) in [6.07, 6.45) is 6.95. The number of rotatable bonds is 12. The molecule has 0 rings (SSSR count). The van der Waals surface area contributed by atoms with E-state index in [0.717, 1.165) is 32.1 Å². The van der Waals surface area contributed by atoms with Crippen molar-refractivity contribution in [3.8, 4) is 0 Å². The summed E-state index contributed by atoms with van der Waals surface area (Å²) in [5.74, 6) is -0.311.